The van der Waals surface area contributed by atoms with Crippen molar-refractivity contribution < 1.29 is 9.84 Å². The van der Waals surface area contributed by atoms with Gasteiger partial charge in [-0.3, -0.25) is 0 Å². The van der Waals surface area contributed by atoms with Gasteiger partial charge in [-0.2, -0.15) is 0 Å². The van der Waals surface area contributed by atoms with Crippen LogP contribution in [0.2, 0.25) is 0 Å². The first-order valence-corrected chi connectivity index (χ1v) is 7.64. The van der Waals surface area contributed by atoms with Gasteiger partial charge in [0.1, 0.15) is 5.75 Å². The van der Waals surface area contributed by atoms with E-state index in [-0.39, 0.29) is 0 Å². The van der Waals surface area contributed by atoms with Crippen molar-refractivity contribution in [1.29, 1.82) is 0 Å². The quantitative estimate of drug-likeness (QED) is 0.725. The van der Waals surface area contributed by atoms with E-state index in [1.165, 1.54) is 19.3 Å². The monoisotopic (exact) mass is 279 g/mol. The summed E-state index contributed by atoms with van der Waals surface area (Å²) in [5.41, 5.74) is 1.98. The fraction of sp³-hybridized carbons (Fsp3) is 0.647. The number of anilines is 1. The van der Waals surface area contributed by atoms with Gasteiger partial charge >= 0.3 is 0 Å². The first kappa shape index (κ1) is 16.8. The number of unbranched alkanes of at least 4 members (excludes halogenated alkanes) is 2. The van der Waals surface area contributed by atoms with Crippen LogP contribution in [0.4, 0.5) is 5.69 Å². The molecule has 0 saturated heterocycles. The third-order valence-corrected chi connectivity index (χ3v) is 3.62. The fourth-order valence-corrected chi connectivity index (χ4v) is 2.57. The van der Waals surface area contributed by atoms with Crippen LogP contribution in [0.1, 0.15) is 58.6 Å². The van der Waals surface area contributed by atoms with Crippen molar-refractivity contribution in [2.45, 2.75) is 59.1 Å². The first-order valence-electron chi connectivity index (χ1n) is 7.64. The van der Waals surface area contributed by atoms with Crippen LogP contribution >= 0.6 is 0 Å². The SMILES string of the molecule is CCCCCN(c1cccc(OC)c1[C@H](C)O)C(C)C. The number of hydrogen-bond donors (Lipinski definition) is 1. The number of ether oxygens (including phenoxy) is 1. The van der Waals surface area contributed by atoms with E-state index in [9.17, 15) is 5.11 Å². The molecule has 1 N–H and O–H groups in total. The Morgan fingerprint density at radius 1 is 1.20 bits per heavy atom. The van der Waals surface area contributed by atoms with Gasteiger partial charge in [-0.05, 0) is 39.3 Å². The summed E-state index contributed by atoms with van der Waals surface area (Å²) in [7, 11) is 1.65. The summed E-state index contributed by atoms with van der Waals surface area (Å²) in [5, 5.41) is 10.1. The minimum atomic E-state index is -0.534. The average Bonchev–Trinajstić information content (AvgIpc) is 2.42. The summed E-state index contributed by atoms with van der Waals surface area (Å²) in [6.45, 7) is 9.41. The fourth-order valence-electron chi connectivity index (χ4n) is 2.57. The van der Waals surface area contributed by atoms with E-state index in [4.69, 9.17) is 4.74 Å². The third-order valence-electron chi connectivity index (χ3n) is 3.62. The van der Waals surface area contributed by atoms with Gasteiger partial charge in [0.2, 0.25) is 0 Å². The lowest BCUT2D eigenvalue weighted by molar-refractivity contribution is 0.194. The van der Waals surface area contributed by atoms with E-state index in [2.05, 4.69) is 31.7 Å². The summed E-state index contributed by atoms with van der Waals surface area (Å²) >= 11 is 0. The van der Waals surface area contributed by atoms with Gasteiger partial charge < -0.3 is 14.7 Å². The maximum atomic E-state index is 10.1. The first-order chi connectivity index (χ1) is 9.52. The molecule has 1 aromatic rings. The summed E-state index contributed by atoms with van der Waals surface area (Å²) in [4.78, 5) is 2.36. The molecule has 1 rings (SSSR count). The number of nitrogens with zero attached hydrogens (tertiary/aromatic N) is 1. The molecule has 114 valence electrons. The molecular weight excluding hydrogens is 250 g/mol. The maximum absolute atomic E-state index is 10.1. The van der Waals surface area contributed by atoms with Crippen molar-refractivity contribution in [3.05, 3.63) is 23.8 Å². The Hall–Kier alpha value is -1.22. The van der Waals surface area contributed by atoms with E-state index in [0.717, 1.165) is 23.5 Å². The van der Waals surface area contributed by atoms with Gasteiger partial charge in [0.15, 0.2) is 0 Å². The number of hydrogen-bond acceptors (Lipinski definition) is 3. The van der Waals surface area contributed by atoms with Crippen LogP contribution in [0.5, 0.6) is 5.75 Å². The van der Waals surface area contributed by atoms with Gasteiger partial charge in [-0.15, -0.1) is 0 Å². The average molecular weight is 279 g/mol. The Bertz CT molecular complexity index is 402. The molecule has 0 aliphatic carbocycles. The van der Waals surface area contributed by atoms with E-state index in [1.54, 1.807) is 14.0 Å². The summed E-state index contributed by atoms with van der Waals surface area (Å²) in [5.74, 6) is 0.763. The molecule has 0 fully saturated rings. The highest BCUT2D eigenvalue weighted by molar-refractivity contribution is 5.60. The van der Waals surface area contributed by atoms with E-state index < -0.39 is 6.10 Å². The molecule has 3 heteroatoms. The minimum absolute atomic E-state index is 0.400. The minimum Gasteiger partial charge on any atom is -0.496 e. The Morgan fingerprint density at radius 2 is 1.90 bits per heavy atom. The molecule has 1 aromatic carbocycles. The van der Waals surface area contributed by atoms with Gasteiger partial charge in [0, 0.05) is 23.8 Å². The van der Waals surface area contributed by atoms with Crippen molar-refractivity contribution >= 4 is 5.69 Å². The van der Waals surface area contributed by atoms with Crippen LogP contribution in [0, 0.1) is 0 Å². The Labute approximate surface area is 123 Å². The molecular formula is C17H29NO2. The molecule has 0 aliphatic rings. The highest BCUT2D eigenvalue weighted by Gasteiger charge is 2.20. The largest absolute Gasteiger partial charge is 0.496 e. The molecule has 0 aromatic heterocycles. The molecule has 0 aliphatic heterocycles. The number of rotatable bonds is 8. The van der Waals surface area contributed by atoms with Crippen LogP contribution in [0.3, 0.4) is 0 Å². The molecule has 0 unspecified atom stereocenters. The second kappa shape index (κ2) is 8.15. The molecule has 0 heterocycles. The smallest absolute Gasteiger partial charge is 0.126 e. The molecule has 20 heavy (non-hydrogen) atoms. The van der Waals surface area contributed by atoms with Gasteiger partial charge in [-0.1, -0.05) is 25.8 Å². The maximum Gasteiger partial charge on any atom is 0.126 e. The lowest BCUT2D eigenvalue weighted by atomic mass is 10.0. The Morgan fingerprint density at radius 3 is 2.40 bits per heavy atom. The molecule has 0 bridgehead atoms. The zero-order valence-corrected chi connectivity index (χ0v) is 13.5. The van der Waals surface area contributed by atoms with Crippen LogP contribution in [-0.2, 0) is 0 Å². The van der Waals surface area contributed by atoms with E-state index in [1.807, 2.05) is 12.1 Å². The molecule has 0 saturated carbocycles. The molecule has 0 amide bonds. The van der Waals surface area contributed by atoms with Crippen LogP contribution in [-0.4, -0.2) is 24.8 Å². The topological polar surface area (TPSA) is 32.7 Å². The van der Waals surface area contributed by atoms with Crippen LogP contribution in [0.25, 0.3) is 0 Å². The lowest BCUT2D eigenvalue weighted by Gasteiger charge is -2.32. The number of benzene rings is 1. The molecule has 3 nitrogen and oxygen atoms in total. The van der Waals surface area contributed by atoms with Crippen molar-refractivity contribution in [2.75, 3.05) is 18.6 Å². The van der Waals surface area contributed by atoms with Gasteiger partial charge in [0.05, 0.1) is 13.2 Å². The van der Waals surface area contributed by atoms with Crippen molar-refractivity contribution in [1.82, 2.24) is 0 Å². The van der Waals surface area contributed by atoms with Gasteiger partial charge in [-0.25, -0.2) is 0 Å². The zero-order valence-electron chi connectivity index (χ0n) is 13.5. The van der Waals surface area contributed by atoms with Crippen molar-refractivity contribution in [2.24, 2.45) is 0 Å². The van der Waals surface area contributed by atoms with Crippen LogP contribution in [0.15, 0.2) is 18.2 Å². The van der Waals surface area contributed by atoms with Crippen LogP contribution < -0.4 is 9.64 Å². The zero-order chi connectivity index (χ0) is 15.1. The molecule has 0 radical (unpaired) electrons. The normalized spacial score (nSPS) is 12.6. The predicted octanol–water partition coefficient (Wildman–Crippen LogP) is 4.15. The predicted molar refractivity (Wildman–Crippen MR) is 85.6 cm³/mol. The Balaban J connectivity index is 3.12. The number of aliphatic hydroxyl groups is 1. The standard InChI is InChI=1S/C17H29NO2/c1-6-7-8-12-18(13(2)3)15-10-9-11-16(20-5)17(15)14(4)19/h9-11,13-14,19H,6-8,12H2,1-5H3/t14-/m0/s1. The summed E-state index contributed by atoms with van der Waals surface area (Å²) in [6.07, 6.45) is 3.09. The lowest BCUT2D eigenvalue weighted by Crippen LogP contribution is -2.32. The molecule has 1 atom stereocenters. The third kappa shape index (κ3) is 4.14. The Kier molecular flexibility index (Phi) is 6.86. The second-order valence-corrected chi connectivity index (χ2v) is 5.56. The highest BCUT2D eigenvalue weighted by Crippen LogP contribution is 2.35. The molecule has 0 spiro atoms. The number of aliphatic hydroxyl groups excluding tert-OH is 1. The summed E-state index contributed by atoms with van der Waals surface area (Å²) < 4.78 is 5.42. The highest BCUT2D eigenvalue weighted by atomic mass is 16.5. The second-order valence-electron chi connectivity index (χ2n) is 5.56. The van der Waals surface area contributed by atoms with E-state index in [0.29, 0.717) is 6.04 Å². The van der Waals surface area contributed by atoms with Crippen molar-refractivity contribution in [3.8, 4) is 5.75 Å². The van der Waals surface area contributed by atoms with E-state index >= 15 is 0 Å². The van der Waals surface area contributed by atoms with Crippen molar-refractivity contribution in [3.63, 3.8) is 0 Å². The summed E-state index contributed by atoms with van der Waals surface area (Å²) in [6, 6.07) is 6.39. The van der Waals surface area contributed by atoms with Gasteiger partial charge in [0.25, 0.3) is 0 Å². The number of methoxy groups -OCH3 is 1.